The summed E-state index contributed by atoms with van der Waals surface area (Å²) in [6.45, 7) is 3.35. The highest BCUT2D eigenvalue weighted by molar-refractivity contribution is 5.87. The van der Waals surface area contributed by atoms with Crippen LogP contribution in [-0.2, 0) is 23.9 Å². The summed E-state index contributed by atoms with van der Waals surface area (Å²) in [5.41, 5.74) is 0. The Hall–Kier alpha value is -3.20. The van der Waals surface area contributed by atoms with E-state index >= 15 is 0 Å². The Balaban J connectivity index is 4.26. The number of carbonyl (C=O) groups excluding carboxylic acids is 3. The zero-order valence-electron chi connectivity index (χ0n) is 33.5. The van der Waals surface area contributed by atoms with Crippen LogP contribution in [0.15, 0.2) is 48.6 Å². The van der Waals surface area contributed by atoms with Crippen LogP contribution in [0.4, 0.5) is 0 Å². The molecule has 0 saturated carbocycles. The van der Waals surface area contributed by atoms with Crippen molar-refractivity contribution in [3.63, 3.8) is 0 Å². The molecular formula is C44H76N2O7. The lowest BCUT2D eigenvalue weighted by Crippen LogP contribution is -2.47. The van der Waals surface area contributed by atoms with Crippen molar-refractivity contribution in [3.05, 3.63) is 48.6 Å². The van der Waals surface area contributed by atoms with E-state index in [1.54, 1.807) is 0 Å². The van der Waals surface area contributed by atoms with Crippen molar-refractivity contribution < 1.29 is 34.1 Å². The van der Waals surface area contributed by atoms with Crippen molar-refractivity contribution in [1.82, 2.24) is 10.6 Å². The number of allylic oxidation sites excluding steroid dienone is 8. The Morgan fingerprint density at radius 3 is 1.62 bits per heavy atom. The normalized spacial score (nSPS) is 13.0. The molecule has 4 N–H and O–H groups in total. The SMILES string of the molecule is CC/C=C\C/C=C\C/C=C\C/C=C\CCCCCCC(=O)OC(CCCCCCCCCC)CCCCCCCC(=O)NCC(=O)NC(CO)C(=O)O. The second-order valence-corrected chi connectivity index (χ2v) is 14.1. The largest absolute Gasteiger partial charge is 0.480 e. The summed E-state index contributed by atoms with van der Waals surface area (Å²) >= 11 is 0. The molecule has 0 aliphatic rings. The molecular weight excluding hydrogens is 668 g/mol. The number of rotatable bonds is 37. The second-order valence-electron chi connectivity index (χ2n) is 14.1. The molecule has 2 atom stereocenters. The maximum atomic E-state index is 12.7. The zero-order chi connectivity index (χ0) is 39.0. The smallest absolute Gasteiger partial charge is 0.328 e. The summed E-state index contributed by atoms with van der Waals surface area (Å²) in [5, 5.41) is 22.5. The van der Waals surface area contributed by atoms with E-state index in [4.69, 9.17) is 14.9 Å². The topological polar surface area (TPSA) is 142 Å². The number of nitrogens with one attached hydrogen (secondary N) is 2. The highest BCUT2D eigenvalue weighted by Gasteiger charge is 2.19. The van der Waals surface area contributed by atoms with Crippen LogP contribution < -0.4 is 10.6 Å². The van der Waals surface area contributed by atoms with E-state index in [0.29, 0.717) is 19.3 Å². The monoisotopic (exact) mass is 745 g/mol. The number of carboxylic acids is 1. The predicted octanol–water partition coefficient (Wildman–Crippen LogP) is 9.98. The van der Waals surface area contributed by atoms with Gasteiger partial charge in [-0.1, -0.05) is 140 Å². The van der Waals surface area contributed by atoms with Gasteiger partial charge < -0.3 is 25.6 Å². The van der Waals surface area contributed by atoms with Crippen molar-refractivity contribution in [2.45, 2.75) is 193 Å². The summed E-state index contributed by atoms with van der Waals surface area (Å²) in [6, 6.07) is -1.38. The number of hydrogen-bond donors (Lipinski definition) is 4. The molecule has 0 bridgehead atoms. The number of hydrogen-bond acceptors (Lipinski definition) is 6. The van der Waals surface area contributed by atoms with Crippen LogP contribution in [0.3, 0.4) is 0 Å². The molecule has 0 rings (SSSR count). The van der Waals surface area contributed by atoms with Gasteiger partial charge in [0.15, 0.2) is 0 Å². The summed E-state index contributed by atoms with van der Waals surface area (Å²) in [6.07, 6.45) is 44.2. The molecule has 0 heterocycles. The number of aliphatic hydroxyl groups excluding tert-OH is 1. The van der Waals surface area contributed by atoms with Gasteiger partial charge in [-0.2, -0.15) is 0 Å². The van der Waals surface area contributed by atoms with E-state index in [9.17, 15) is 19.2 Å². The second kappa shape index (κ2) is 38.5. The van der Waals surface area contributed by atoms with E-state index in [2.05, 4.69) is 73.1 Å². The minimum atomic E-state index is -1.38. The summed E-state index contributed by atoms with van der Waals surface area (Å²) in [7, 11) is 0. The number of amides is 2. The van der Waals surface area contributed by atoms with Crippen molar-refractivity contribution >= 4 is 23.8 Å². The Kier molecular flexibility index (Phi) is 36.2. The first-order valence-electron chi connectivity index (χ1n) is 21.0. The van der Waals surface area contributed by atoms with Crippen molar-refractivity contribution in [3.8, 4) is 0 Å². The Morgan fingerprint density at radius 1 is 0.585 bits per heavy atom. The maximum absolute atomic E-state index is 12.7. The summed E-state index contributed by atoms with van der Waals surface area (Å²) in [4.78, 5) is 47.5. The Labute approximate surface area is 322 Å². The van der Waals surface area contributed by atoms with E-state index in [1.807, 2.05) is 0 Å². The molecule has 0 fully saturated rings. The highest BCUT2D eigenvalue weighted by Crippen LogP contribution is 2.18. The van der Waals surface area contributed by atoms with E-state index in [0.717, 1.165) is 103 Å². The number of carbonyl (C=O) groups is 4. The fourth-order valence-corrected chi connectivity index (χ4v) is 5.88. The highest BCUT2D eigenvalue weighted by atomic mass is 16.5. The number of unbranched alkanes of at least 4 members (excludes halogenated alkanes) is 15. The van der Waals surface area contributed by atoms with Gasteiger partial charge in [0.1, 0.15) is 12.1 Å². The lowest BCUT2D eigenvalue weighted by Gasteiger charge is -2.18. The van der Waals surface area contributed by atoms with Crippen molar-refractivity contribution in [2.24, 2.45) is 0 Å². The predicted molar refractivity (Wildman–Crippen MR) is 217 cm³/mol. The molecule has 0 radical (unpaired) electrons. The average molecular weight is 745 g/mol. The van der Waals surface area contributed by atoms with Crippen LogP contribution in [0.2, 0.25) is 0 Å². The lowest BCUT2D eigenvalue weighted by molar-refractivity contribution is -0.150. The molecule has 0 aliphatic heterocycles. The fourth-order valence-electron chi connectivity index (χ4n) is 5.88. The third-order valence-electron chi connectivity index (χ3n) is 9.09. The first kappa shape index (κ1) is 49.8. The molecule has 0 saturated heterocycles. The molecule has 304 valence electrons. The molecule has 0 aliphatic carbocycles. The number of aliphatic carboxylic acids is 1. The molecule has 0 aromatic carbocycles. The first-order valence-corrected chi connectivity index (χ1v) is 21.0. The van der Waals surface area contributed by atoms with Crippen LogP contribution in [0.5, 0.6) is 0 Å². The van der Waals surface area contributed by atoms with Gasteiger partial charge in [0, 0.05) is 12.8 Å². The fraction of sp³-hybridized carbons (Fsp3) is 0.727. The van der Waals surface area contributed by atoms with E-state index < -0.39 is 24.5 Å². The number of esters is 1. The van der Waals surface area contributed by atoms with E-state index in [1.165, 1.54) is 44.9 Å². The average Bonchev–Trinajstić information content (AvgIpc) is 3.14. The van der Waals surface area contributed by atoms with Gasteiger partial charge in [-0.3, -0.25) is 14.4 Å². The van der Waals surface area contributed by atoms with Gasteiger partial charge in [0.25, 0.3) is 0 Å². The molecule has 53 heavy (non-hydrogen) atoms. The minimum Gasteiger partial charge on any atom is -0.480 e. The lowest BCUT2D eigenvalue weighted by atomic mass is 10.0. The number of ether oxygens (including phenoxy) is 1. The molecule has 0 aromatic rings. The summed E-state index contributed by atoms with van der Waals surface area (Å²) in [5.74, 6) is -2.32. The van der Waals surface area contributed by atoms with Crippen molar-refractivity contribution in [1.29, 1.82) is 0 Å². The third-order valence-corrected chi connectivity index (χ3v) is 9.09. The van der Waals surface area contributed by atoms with Gasteiger partial charge >= 0.3 is 11.9 Å². The molecule has 2 amide bonds. The van der Waals surface area contributed by atoms with Gasteiger partial charge in [0.2, 0.25) is 11.8 Å². The number of carboxylic acid groups (broad SMARTS) is 1. The van der Waals surface area contributed by atoms with Crippen molar-refractivity contribution in [2.75, 3.05) is 13.2 Å². The maximum Gasteiger partial charge on any atom is 0.328 e. The van der Waals surface area contributed by atoms with Gasteiger partial charge in [0.05, 0.1) is 13.2 Å². The van der Waals surface area contributed by atoms with Gasteiger partial charge in [-0.15, -0.1) is 0 Å². The molecule has 2 unspecified atom stereocenters. The third kappa shape index (κ3) is 35.6. The quantitative estimate of drug-likeness (QED) is 0.0282. The molecule has 0 aromatic heterocycles. The van der Waals surface area contributed by atoms with E-state index in [-0.39, 0.29) is 24.5 Å². The molecule has 9 heteroatoms. The van der Waals surface area contributed by atoms with Crippen LogP contribution >= 0.6 is 0 Å². The zero-order valence-corrected chi connectivity index (χ0v) is 33.5. The van der Waals surface area contributed by atoms with Crippen LogP contribution in [0, 0.1) is 0 Å². The van der Waals surface area contributed by atoms with Crippen LogP contribution in [0.1, 0.15) is 181 Å². The van der Waals surface area contributed by atoms with Crippen LogP contribution in [0.25, 0.3) is 0 Å². The molecule has 9 nitrogen and oxygen atoms in total. The standard InChI is InChI=1S/C44H76N2O7/c1-3-5-7-9-11-13-14-15-16-17-18-19-20-21-23-28-32-36-43(50)53-39(33-29-25-22-12-10-8-6-4-2)34-30-26-24-27-31-35-41(48)45-37-42(49)46-40(38-47)44(51)52/h5,7,11,13,15-16,18-19,39-40,47H,3-4,6,8-10,12,14,17,20-38H2,1-2H3,(H,45,48)(H,46,49)(H,51,52)/b7-5-,13-11-,16-15-,19-18-. The number of aliphatic hydroxyl groups is 1. The minimum absolute atomic E-state index is 0.0239. The van der Waals surface area contributed by atoms with Crippen LogP contribution in [-0.4, -0.2) is 59.3 Å². The first-order chi connectivity index (χ1) is 25.8. The summed E-state index contributed by atoms with van der Waals surface area (Å²) < 4.78 is 5.99. The Morgan fingerprint density at radius 2 is 1.08 bits per heavy atom. The van der Waals surface area contributed by atoms with Gasteiger partial charge in [-0.05, 0) is 77.0 Å². The van der Waals surface area contributed by atoms with Gasteiger partial charge in [-0.25, -0.2) is 4.79 Å². The Bertz CT molecular complexity index is 1040. The molecule has 0 spiro atoms.